The van der Waals surface area contributed by atoms with Gasteiger partial charge in [-0.2, -0.15) is 4.98 Å². The standard InChI is InChI=1S/C22H18N4O5/c1-30-18(27)13-16(19-20(28)25-17-8-2-3-11-26(17)21(19)29)14-6-4-7-15(12-14)31-22-23-9-5-10-24-22/h2-12,16,28H,13H2,1H3/t16-/m1/s1. The number of aromatic nitrogens is 4. The second-order valence-electron chi connectivity index (χ2n) is 6.62. The van der Waals surface area contributed by atoms with E-state index in [9.17, 15) is 14.7 Å². The highest BCUT2D eigenvalue weighted by Crippen LogP contribution is 2.33. The van der Waals surface area contributed by atoms with Crippen LogP contribution in [0, 0.1) is 0 Å². The lowest BCUT2D eigenvalue weighted by Crippen LogP contribution is -2.24. The van der Waals surface area contributed by atoms with Crippen LogP contribution in [0.15, 0.2) is 71.9 Å². The average molecular weight is 418 g/mol. The first-order valence-corrected chi connectivity index (χ1v) is 9.38. The quantitative estimate of drug-likeness (QED) is 0.475. The lowest BCUT2D eigenvalue weighted by Gasteiger charge is -2.18. The molecule has 0 aliphatic heterocycles. The smallest absolute Gasteiger partial charge is 0.321 e. The van der Waals surface area contributed by atoms with Gasteiger partial charge in [-0.1, -0.05) is 18.2 Å². The third-order valence-electron chi connectivity index (χ3n) is 4.71. The number of hydrogen-bond donors (Lipinski definition) is 1. The first-order valence-electron chi connectivity index (χ1n) is 9.38. The number of methoxy groups -OCH3 is 1. The Labute approximate surface area is 176 Å². The number of hydrogen-bond acceptors (Lipinski definition) is 8. The second-order valence-corrected chi connectivity index (χ2v) is 6.62. The molecule has 1 aromatic carbocycles. The van der Waals surface area contributed by atoms with Crippen LogP contribution < -0.4 is 10.3 Å². The van der Waals surface area contributed by atoms with E-state index in [0.717, 1.165) is 0 Å². The van der Waals surface area contributed by atoms with E-state index < -0.39 is 23.3 Å². The minimum Gasteiger partial charge on any atom is -0.493 e. The van der Waals surface area contributed by atoms with Gasteiger partial charge >= 0.3 is 12.0 Å². The first kappa shape index (κ1) is 20.0. The van der Waals surface area contributed by atoms with Crippen LogP contribution in [0.4, 0.5) is 0 Å². The van der Waals surface area contributed by atoms with Crippen LogP contribution in [-0.2, 0) is 9.53 Å². The molecule has 3 aromatic heterocycles. The molecule has 0 fully saturated rings. The van der Waals surface area contributed by atoms with E-state index in [-0.39, 0.29) is 18.0 Å². The van der Waals surface area contributed by atoms with Crippen molar-refractivity contribution in [1.29, 1.82) is 0 Å². The normalized spacial score (nSPS) is 11.8. The predicted molar refractivity (Wildman–Crippen MR) is 110 cm³/mol. The van der Waals surface area contributed by atoms with Gasteiger partial charge in [0.05, 0.1) is 19.1 Å². The summed E-state index contributed by atoms with van der Waals surface area (Å²) in [6.07, 6.45) is 4.47. The lowest BCUT2D eigenvalue weighted by atomic mass is 9.89. The van der Waals surface area contributed by atoms with Crippen molar-refractivity contribution < 1.29 is 19.4 Å². The molecule has 0 amide bonds. The molecule has 1 N–H and O–H groups in total. The van der Waals surface area contributed by atoms with Gasteiger partial charge in [-0.15, -0.1) is 0 Å². The zero-order valence-corrected chi connectivity index (χ0v) is 16.5. The lowest BCUT2D eigenvalue weighted by molar-refractivity contribution is -0.140. The Morgan fingerprint density at radius 2 is 1.94 bits per heavy atom. The zero-order chi connectivity index (χ0) is 21.8. The van der Waals surface area contributed by atoms with Gasteiger partial charge in [-0.3, -0.25) is 14.0 Å². The number of fused-ring (bicyclic) bond motifs is 1. The minimum absolute atomic E-state index is 0.0118. The largest absolute Gasteiger partial charge is 0.493 e. The molecule has 0 saturated heterocycles. The van der Waals surface area contributed by atoms with Crippen LogP contribution in [0.1, 0.15) is 23.5 Å². The molecule has 9 nitrogen and oxygen atoms in total. The van der Waals surface area contributed by atoms with Crippen LogP contribution >= 0.6 is 0 Å². The maximum absolute atomic E-state index is 13.2. The Hall–Kier alpha value is -4.27. The molecule has 0 aliphatic carbocycles. The van der Waals surface area contributed by atoms with Gasteiger partial charge in [0.25, 0.3) is 5.56 Å². The van der Waals surface area contributed by atoms with Crippen molar-refractivity contribution in [3.05, 3.63) is 88.6 Å². The molecule has 3 heterocycles. The number of benzene rings is 1. The highest BCUT2D eigenvalue weighted by Gasteiger charge is 2.27. The van der Waals surface area contributed by atoms with E-state index >= 15 is 0 Å². The van der Waals surface area contributed by atoms with Crippen LogP contribution in [0.5, 0.6) is 17.6 Å². The molecular formula is C22H18N4O5. The molecule has 0 saturated carbocycles. The summed E-state index contributed by atoms with van der Waals surface area (Å²) in [5.74, 6) is -1.39. The van der Waals surface area contributed by atoms with E-state index in [2.05, 4.69) is 15.0 Å². The summed E-state index contributed by atoms with van der Waals surface area (Å²) < 4.78 is 11.8. The highest BCUT2D eigenvalue weighted by atomic mass is 16.5. The molecule has 0 aliphatic rings. The number of nitrogens with zero attached hydrogens (tertiary/aromatic N) is 4. The number of carbonyl (C=O) groups is 1. The molecule has 0 bridgehead atoms. The number of carbonyl (C=O) groups excluding carboxylic acids is 1. The van der Waals surface area contributed by atoms with Gasteiger partial charge in [0.2, 0.25) is 5.88 Å². The van der Waals surface area contributed by atoms with Crippen LogP contribution in [0.2, 0.25) is 0 Å². The SMILES string of the molecule is COC(=O)C[C@H](c1cccc(Oc2ncccn2)c1)c1c(O)nc2ccccn2c1=O. The third kappa shape index (κ3) is 4.20. The number of pyridine rings is 1. The van der Waals surface area contributed by atoms with Crippen LogP contribution in [-0.4, -0.2) is 37.5 Å². The summed E-state index contributed by atoms with van der Waals surface area (Å²) in [6, 6.07) is 13.6. The summed E-state index contributed by atoms with van der Waals surface area (Å²) in [5.41, 5.74) is 0.365. The fraction of sp³-hybridized carbons (Fsp3) is 0.136. The fourth-order valence-electron chi connectivity index (χ4n) is 3.27. The van der Waals surface area contributed by atoms with E-state index in [1.165, 1.54) is 11.5 Å². The molecule has 1 atom stereocenters. The molecule has 9 heteroatoms. The van der Waals surface area contributed by atoms with Crippen molar-refractivity contribution in [1.82, 2.24) is 19.4 Å². The van der Waals surface area contributed by atoms with E-state index in [1.807, 2.05) is 0 Å². The van der Waals surface area contributed by atoms with Gasteiger partial charge in [0.15, 0.2) is 0 Å². The van der Waals surface area contributed by atoms with Crippen molar-refractivity contribution in [3.63, 3.8) is 0 Å². The Morgan fingerprint density at radius 1 is 1.13 bits per heavy atom. The average Bonchev–Trinajstić information content (AvgIpc) is 2.79. The van der Waals surface area contributed by atoms with Crippen LogP contribution in [0.3, 0.4) is 0 Å². The molecular weight excluding hydrogens is 400 g/mol. The maximum Gasteiger partial charge on any atom is 0.321 e. The molecule has 156 valence electrons. The van der Waals surface area contributed by atoms with E-state index in [1.54, 1.807) is 67.1 Å². The second kappa shape index (κ2) is 8.62. The number of esters is 1. The fourth-order valence-corrected chi connectivity index (χ4v) is 3.27. The zero-order valence-electron chi connectivity index (χ0n) is 16.5. The van der Waals surface area contributed by atoms with Gasteiger partial charge in [-0.25, -0.2) is 9.97 Å². The summed E-state index contributed by atoms with van der Waals surface area (Å²) in [4.78, 5) is 37.5. The molecule has 0 spiro atoms. The van der Waals surface area contributed by atoms with Crippen molar-refractivity contribution in [2.45, 2.75) is 12.3 Å². The van der Waals surface area contributed by atoms with Crippen molar-refractivity contribution in [3.8, 4) is 17.6 Å². The topological polar surface area (TPSA) is 116 Å². The van der Waals surface area contributed by atoms with E-state index in [0.29, 0.717) is 17.0 Å². The molecule has 4 aromatic rings. The molecule has 0 radical (unpaired) electrons. The van der Waals surface area contributed by atoms with Crippen molar-refractivity contribution in [2.24, 2.45) is 0 Å². The molecule has 0 unspecified atom stereocenters. The number of ether oxygens (including phenoxy) is 2. The van der Waals surface area contributed by atoms with Crippen LogP contribution in [0.25, 0.3) is 5.65 Å². The number of aromatic hydroxyl groups is 1. The van der Waals surface area contributed by atoms with Crippen molar-refractivity contribution in [2.75, 3.05) is 7.11 Å². The Morgan fingerprint density at radius 3 is 2.71 bits per heavy atom. The first-order chi connectivity index (χ1) is 15.1. The summed E-state index contributed by atoms with van der Waals surface area (Å²) in [6.45, 7) is 0. The van der Waals surface area contributed by atoms with Gasteiger partial charge < -0.3 is 14.6 Å². The van der Waals surface area contributed by atoms with Crippen molar-refractivity contribution >= 4 is 11.6 Å². The van der Waals surface area contributed by atoms with E-state index in [4.69, 9.17) is 9.47 Å². The Balaban J connectivity index is 1.82. The summed E-state index contributed by atoms with van der Waals surface area (Å²) in [7, 11) is 1.26. The monoisotopic (exact) mass is 418 g/mol. The summed E-state index contributed by atoms with van der Waals surface area (Å²) in [5, 5.41) is 10.6. The number of rotatable bonds is 6. The Kier molecular flexibility index (Phi) is 5.57. The minimum atomic E-state index is -0.815. The Bertz CT molecular complexity index is 1290. The molecule has 4 rings (SSSR count). The molecule has 31 heavy (non-hydrogen) atoms. The van der Waals surface area contributed by atoms with Gasteiger partial charge in [0.1, 0.15) is 11.4 Å². The highest BCUT2D eigenvalue weighted by molar-refractivity contribution is 5.71. The predicted octanol–water partition coefficient (Wildman–Crippen LogP) is 2.68. The van der Waals surface area contributed by atoms with Gasteiger partial charge in [0, 0.05) is 24.5 Å². The third-order valence-corrected chi connectivity index (χ3v) is 4.71. The summed E-state index contributed by atoms with van der Waals surface area (Å²) >= 11 is 0. The van der Waals surface area contributed by atoms with Gasteiger partial charge in [-0.05, 0) is 35.9 Å². The maximum atomic E-state index is 13.2.